The smallest absolute Gasteiger partial charge is 0.333 e. The number of carbonyl (C=O) groups is 1. The Balaban J connectivity index is 0. The van der Waals surface area contributed by atoms with Gasteiger partial charge in [-0.25, -0.2) is 4.79 Å². The predicted octanol–water partition coefficient (Wildman–Crippen LogP) is -1.06. The molecule has 0 heterocycles. The minimum Gasteiger partial charge on any atom is -0.459 e. The molecule has 124 valence electrons. The topological polar surface area (TPSA) is 127 Å². The van der Waals surface area contributed by atoms with Gasteiger partial charge in [-0.3, -0.25) is 0 Å². The van der Waals surface area contributed by atoms with Crippen molar-refractivity contribution in [2.24, 2.45) is 0 Å². The fourth-order valence-electron chi connectivity index (χ4n) is 0.946. The molecule has 0 aromatic rings. The molecule has 7 nitrogen and oxygen atoms in total. The number of rotatable bonds is 7. The van der Waals surface area contributed by atoms with Crippen LogP contribution in [-0.4, -0.2) is 69.1 Å². The summed E-state index contributed by atoms with van der Waals surface area (Å²) in [5.41, 5.74) is 0.127. The average molecular weight is 314 g/mol. The Morgan fingerprint density at radius 2 is 1.48 bits per heavy atom. The lowest BCUT2D eigenvalue weighted by molar-refractivity contribution is -0.152. The van der Waals surface area contributed by atoms with E-state index in [4.69, 9.17) is 10.2 Å². The van der Waals surface area contributed by atoms with Crippen LogP contribution in [0, 0.1) is 0 Å². The van der Waals surface area contributed by atoms with Gasteiger partial charge in [-0.2, -0.15) is 8.78 Å². The average Bonchev–Trinajstić information content (AvgIpc) is 2.40. The van der Waals surface area contributed by atoms with Crippen LogP contribution in [0.15, 0.2) is 24.8 Å². The van der Waals surface area contributed by atoms with E-state index in [-0.39, 0.29) is 5.57 Å². The minimum atomic E-state index is -1.83. The maximum Gasteiger partial charge on any atom is 0.333 e. The third-order valence-electron chi connectivity index (χ3n) is 2.06. The van der Waals surface area contributed by atoms with E-state index >= 15 is 0 Å². The molecule has 0 aromatic carbocycles. The van der Waals surface area contributed by atoms with Gasteiger partial charge in [0.15, 0.2) is 0 Å². The van der Waals surface area contributed by atoms with Gasteiger partial charge in [0.1, 0.15) is 31.0 Å². The summed E-state index contributed by atoms with van der Waals surface area (Å²) in [6, 6.07) is 0. The third-order valence-corrected chi connectivity index (χ3v) is 2.06. The first-order chi connectivity index (χ1) is 9.54. The van der Waals surface area contributed by atoms with Crippen LogP contribution in [-0.2, 0) is 9.53 Å². The van der Waals surface area contributed by atoms with Crippen molar-refractivity contribution in [2.75, 3.05) is 13.2 Å². The van der Waals surface area contributed by atoms with Crippen molar-refractivity contribution in [3.63, 3.8) is 0 Å². The molecule has 0 saturated carbocycles. The summed E-state index contributed by atoms with van der Waals surface area (Å²) >= 11 is 0. The fraction of sp³-hybridized carbons (Fsp3) is 0.583. The van der Waals surface area contributed by atoms with Crippen LogP contribution >= 0.6 is 0 Å². The van der Waals surface area contributed by atoms with E-state index in [1.165, 1.54) is 6.92 Å². The van der Waals surface area contributed by atoms with Gasteiger partial charge >= 0.3 is 5.97 Å². The Hall–Kier alpha value is -1.39. The molecule has 0 aliphatic rings. The summed E-state index contributed by atoms with van der Waals surface area (Å²) in [6.45, 7) is 5.63. The Kier molecular flexibility index (Phi) is 11.8. The van der Waals surface area contributed by atoms with Crippen LogP contribution in [0.1, 0.15) is 6.92 Å². The normalized spacial score (nSPS) is 15.8. The molecule has 9 heteroatoms. The number of hydrogen-bond donors (Lipinski definition) is 5. The number of aliphatic hydroxyl groups is 5. The summed E-state index contributed by atoms with van der Waals surface area (Å²) in [6.07, 6.45) is -8.47. The maximum atomic E-state index is 11.0. The molecule has 0 rings (SSSR count). The van der Waals surface area contributed by atoms with Crippen molar-refractivity contribution >= 4 is 5.97 Å². The van der Waals surface area contributed by atoms with Gasteiger partial charge < -0.3 is 30.3 Å². The van der Waals surface area contributed by atoms with Gasteiger partial charge in [-0.05, 0) is 13.5 Å². The summed E-state index contributed by atoms with van der Waals surface area (Å²) in [5, 5.41) is 45.5. The summed E-state index contributed by atoms with van der Waals surface area (Å²) in [7, 11) is 0. The highest BCUT2D eigenvalue weighted by atomic mass is 19.3. The standard InChI is InChI=1S/C10H18O7.C2H2F2/c1-5(2)10(16)17-4-7(13)9(15)8(14)6(12)3-11;1-2(3)4/h6-9,11-15H,1,3-4H2,2H3;1H2/t6-,7+,8-,9-;/m1./s1. The molecule has 0 aliphatic carbocycles. The van der Waals surface area contributed by atoms with Crippen LogP contribution in [0.5, 0.6) is 0 Å². The predicted molar refractivity (Wildman–Crippen MR) is 68.2 cm³/mol. The second kappa shape index (κ2) is 11.3. The van der Waals surface area contributed by atoms with Crippen molar-refractivity contribution in [2.45, 2.75) is 31.3 Å². The van der Waals surface area contributed by atoms with Crippen LogP contribution in [0.3, 0.4) is 0 Å². The lowest BCUT2D eigenvalue weighted by atomic mass is 10.0. The molecule has 0 saturated heterocycles. The number of aliphatic hydroxyl groups excluding tert-OH is 5. The number of halogens is 2. The molecule has 21 heavy (non-hydrogen) atoms. The van der Waals surface area contributed by atoms with E-state index in [9.17, 15) is 28.9 Å². The molecule has 5 N–H and O–H groups in total. The van der Waals surface area contributed by atoms with Crippen LogP contribution < -0.4 is 0 Å². The third kappa shape index (κ3) is 11.0. The highest BCUT2D eigenvalue weighted by Gasteiger charge is 2.30. The lowest BCUT2D eigenvalue weighted by Gasteiger charge is -2.25. The van der Waals surface area contributed by atoms with Crippen molar-refractivity contribution in [3.05, 3.63) is 24.8 Å². The molecular weight excluding hydrogens is 294 g/mol. The molecule has 0 unspecified atom stereocenters. The van der Waals surface area contributed by atoms with Gasteiger partial charge in [-0.15, -0.1) is 0 Å². The van der Waals surface area contributed by atoms with Crippen molar-refractivity contribution in [1.29, 1.82) is 0 Å². The molecule has 0 amide bonds. The molecule has 0 spiro atoms. The molecular formula is C12H20F2O7. The Bertz CT molecular complexity index is 344. The van der Waals surface area contributed by atoms with Gasteiger partial charge in [0.25, 0.3) is 6.08 Å². The summed E-state index contributed by atoms with van der Waals surface area (Å²) < 4.78 is 24.8. The van der Waals surface area contributed by atoms with Crippen molar-refractivity contribution in [3.8, 4) is 0 Å². The molecule has 0 aliphatic heterocycles. The molecule has 0 aromatic heterocycles. The highest BCUT2D eigenvalue weighted by molar-refractivity contribution is 5.86. The SMILES string of the molecule is C=C(C)C(=O)OC[C@H](O)[C@@H](O)[C@H](O)[C@H](O)CO.C=C(F)F. The van der Waals surface area contributed by atoms with E-state index in [2.05, 4.69) is 17.9 Å². The summed E-state index contributed by atoms with van der Waals surface area (Å²) in [5.74, 6) is -0.742. The Morgan fingerprint density at radius 1 is 1.10 bits per heavy atom. The first kappa shape index (κ1) is 21.9. The van der Waals surface area contributed by atoms with Crippen LogP contribution in [0.4, 0.5) is 8.78 Å². The van der Waals surface area contributed by atoms with Crippen molar-refractivity contribution < 1.29 is 43.8 Å². The zero-order chi connectivity index (χ0) is 17.2. The van der Waals surface area contributed by atoms with E-state index in [1.54, 1.807) is 0 Å². The zero-order valence-electron chi connectivity index (χ0n) is 11.4. The number of carbonyl (C=O) groups excluding carboxylic acids is 1. The van der Waals surface area contributed by atoms with Gasteiger partial charge in [-0.1, -0.05) is 6.58 Å². The largest absolute Gasteiger partial charge is 0.459 e. The van der Waals surface area contributed by atoms with Crippen molar-refractivity contribution in [1.82, 2.24) is 0 Å². The monoisotopic (exact) mass is 314 g/mol. The number of ether oxygens (including phenoxy) is 1. The number of hydrogen-bond acceptors (Lipinski definition) is 7. The quantitative estimate of drug-likeness (QED) is 0.299. The minimum absolute atomic E-state index is 0.127. The van der Waals surface area contributed by atoms with E-state index in [1.807, 2.05) is 0 Å². The Labute approximate surface area is 120 Å². The number of esters is 1. The molecule has 4 atom stereocenters. The Morgan fingerprint density at radius 3 is 1.81 bits per heavy atom. The second-order valence-corrected chi connectivity index (χ2v) is 4.02. The van der Waals surface area contributed by atoms with Gasteiger partial charge in [0, 0.05) is 5.57 Å². The molecule has 0 radical (unpaired) electrons. The van der Waals surface area contributed by atoms with E-state index in [0.717, 1.165) is 0 Å². The van der Waals surface area contributed by atoms with E-state index in [0.29, 0.717) is 0 Å². The molecule has 0 bridgehead atoms. The first-order valence-electron chi connectivity index (χ1n) is 5.70. The fourth-order valence-corrected chi connectivity index (χ4v) is 0.946. The summed E-state index contributed by atoms with van der Waals surface area (Å²) in [4.78, 5) is 11.0. The van der Waals surface area contributed by atoms with Gasteiger partial charge in [0.2, 0.25) is 0 Å². The van der Waals surface area contributed by atoms with Crippen LogP contribution in [0.2, 0.25) is 0 Å². The first-order valence-corrected chi connectivity index (χ1v) is 5.70. The van der Waals surface area contributed by atoms with E-state index < -0.39 is 49.7 Å². The van der Waals surface area contributed by atoms with Crippen LogP contribution in [0.25, 0.3) is 0 Å². The maximum absolute atomic E-state index is 11.0. The van der Waals surface area contributed by atoms with Gasteiger partial charge in [0.05, 0.1) is 6.61 Å². The molecule has 0 fully saturated rings. The second-order valence-electron chi connectivity index (χ2n) is 4.02. The lowest BCUT2D eigenvalue weighted by Crippen LogP contribution is -2.47. The zero-order valence-corrected chi connectivity index (χ0v) is 11.4. The highest BCUT2D eigenvalue weighted by Crippen LogP contribution is 2.06.